The Balaban J connectivity index is 1.61. The molecule has 0 saturated carbocycles. The molecule has 1 N–H and O–H groups in total. The van der Waals surface area contributed by atoms with Crippen LogP contribution in [0.2, 0.25) is 0 Å². The van der Waals surface area contributed by atoms with E-state index in [1.807, 2.05) is 54.6 Å². The number of hydrogen-bond donors (Lipinski definition) is 1. The topological polar surface area (TPSA) is 64.6 Å². The number of nitrogens with one attached hydrogen (secondary N) is 1. The van der Waals surface area contributed by atoms with Crippen LogP contribution in [0.15, 0.2) is 78.9 Å². The summed E-state index contributed by atoms with van der Waals surface area (Å²) in [5.74, 6) is -0.247. The maximum atomic E-state index is 12.7. The number of ether oxygens (including phenoxy) is 2. The van der Waals surface area contributed by atoms with Gasteiger partial charge in [0.15, 0.2) is 6.10 Å². The van der Waals surface area contributed by atoms with Gasteiger partial charge in [0.25, 0.3) is 5.91 Å². The maximum absolute atomic E-state index is 12.7. The molecule has 1 atom stereocenters. The van der Waals surface area contributed by atoms with Crippen molar-refractivity contribution in [1.29, 1.82) is 0 Å². The number of rotatable bonds is 9. The highest BCUT2D eigenvalue weighted by molar-refractivity contribution is 5.99. The van der Waals surface area contributed by atoms with E-state index in [0.29, 0.717) is 23.6 Å². The molecular weight excluding hydrogens is 390 g/mol. The van der Waals surface area contributed by atoms with Gasteiger partial charge in [0.2, 0.25) is 0 Å². The molecule has 3 aromatic carbocycles. The Morgan fingerprint density at radius 1 is 0.903 bits per heavy atom. The van der Waals surface area contributed by atoms with Crippen LogP contribution in [0.1, 0.15) is 37.0 Å². The molecule has 0 bridgehead atoms. The van der Waals surface area contributed by atoms with Gasteiger partial charge in [0.1, 0.15) is 5.75 Å². The summed E-state index contributed by atoms with van der Waals surface area (Å²) in [6, 6.07) is 24.0. The highest BCUT2D eigenvalue weighted by atomic mass is 16.5. The van der Waals surface area contributed by atoms with E-state index in [2.05, 4.69) is 12.2 Å². The number of benzene rings is 3. The molecule has 31 heavy (non-hydrogen) atoms. The SMILES string of the molecule is CCCCOc1ccc(C(=O)O[C@@H](C)C(=O)Nc2ccccc2-c2ccccc2)cc1. The number of unbranched alkanes of at least 4 members (excludes halogenated alkanes) is 1. The van der Waals surface area contributed by atoms with Crippen LogP contribution in [0.4, 0.5) is 5.69 Å². The number of para-hydroxylation sites is 1. The van der Waals surface area contributed by atoms with E-state index in [-0.39, 0.29) is 0 Å². The minimum absolute atomic E-state index is 0.368. The molecule has 0 heterocycles. The summed E-state index contributed by atoms with van der Waals surface area (Å²) in [4.78, 5) is 25.1. The van der Waals surface area contributed by atoms with Crippen LogP contribution in [0.5, 0.6) is 5.75 Å². The zero-order chi connectivity index (χ0) is 22.1. The Labute approximate surface area is 183 Å². The fourth-order valence-corrected chi connectivity index (χ4v) is 3.00. The summed E-state index contributed by atoms with van der Waals surface area (Å²) in [5, 5.41) is 2.87. The van der Waals surface area contributed by atoms with Crippen molar-refractivity contribution in [3.05, 3.63) is 84.4 Å². The Morgan fingerprint density at radius 3 is 2.29 bits per heavy atom. The van der Waals surface area contributed by atoms with Crippen molar-refractivity contribution in [3.63, 3.8) is 0 Å². The summed E-state index contributed by atoms with van der Waals surface area (Å²) in [7, 11) is 0. The number of esters is 1. The van der Waals surface area contributed by atoms with Crippen LogP contribution in [-0.4, -0.2) is 24.6 Å². The fourth-order valence-electron chi connectivity index (χ4n) is 3.00. The van der Waals surface area contributed by atoms with Gasteiger partial charge in [-0.3, -0.25) is 4.79 Å². The lowest BCUT2D eigenvalue weighted by molar-refractivity contribution is -0.123. The lowest BCUT2D eigenvalue weighted by atomic mass is 10.0. The minimum atomic E-state index is -0.947. The van der Waals surface area contributed by atoms with E-state index in [1.54, 1.807) is 31.2 Å². The summed E-state index contributed by atoms with van der Waals surface area (Å²) in [6.07, 6.45) is 1.08. The molecule has 1 amide bonds. The average molecular weight is 418 g/mol. The van der Waals surface area contributed by atoms with Crippen molar-refractivity contribution in [2.75, 3.05) is 11.9 Å². The van der Waals surface area contributed by atoms with Crippen molar-refractivity contribution in [2.24, 2.45) is 0 Å². The zero-order valence-corrected chi connectivity index (χ0v) is 17.8. The largest absolute Gasteiger partial charge is 0.494 e. The molecule has 3 rings (SSSR count). The van der Waals surface area contributed by atoms with Crippen molar-refractivity contribution in [2.45, 2.75) is 32.8 Å². The molecule has 0 aliphatic heterocycles. The number of anilines is 1. The Bertz CT molecular complexity index is 999. The maximum Gasteiger partial charge on any atom is 0.338 e. The first-order valence-corrected chi connectivity index (χ1v) is 10.5. The van der Waals surface area contributed by atoms with Crippen LogP contribution < -0.4 is 10.1 Å². The first-order valence-electron chi connectivity index (χ1n) is 10.5. The second kappa shape index (κ2) is 11.0. The number of carbonyl (C=O) groups excluding carboxylic acids is 2. The summed E-state index contributed by atoms with van der Waals surface area (Å²) in [6.45, 7) is 4.29. The average Bonchev–Trinajstić information content (AvgIpc) is 2.80. The summed E-state index contributed by atoms with van der Waals surface area (Å²) < 4.78 is 11.0. The first kappa shape index (κ1) is 22.1. The van der Waals surface area contributed by atoms with Crippen LogP contribution in [0, 0.1) is 0 Å². The third-order valence-electron chi connectivity index (χ3n) is 4.78. The van der Waals surface area contributed by atoms with E-state index in [9.17, 15) is 9.59 Å². The third kappa shape index (κ3) is 6.19. The van der Waals surface area contributed by atoms with E-state index in [1.165, 1.54) is 0 Å². The molecule has 5 heteroatoms. The lowest BCUT2D eigenvalue weighted by Gasteiger charge is -2.16. The molecule has 3 aromatic rings. The van der Waals surface area contributed by atoms with Gasteiger partial charge in [-0.2, -0.15) is 0 Å². The predicted octanol–water partition coefficient (Wildman–Crippen LogP) is 5.72. The van der Waals surface area contributed by atoms with Gasteiger partial charge in [-0.1, -0.05) is 61.9 Å². The highest BCUT2D eigenvalue weighted by Crippen LogP contribution is 2.27. The van der Waals surface area contributed by atoms with Gasteiger partial charge in [0.05, 0.1) is 12.2 Å². The summed E-state index contributed by atoms with van der Waals surface area (Å²) in [5.41, 5.74) is 2.92. The molecule has 0 unspecified atom stereocenters. The molecule has 0 saturated heterocycles. The number of amides is 1. The van der Waals surface area contributed by atoms with Crippen LogP contribution >= 0.6 is 0 Å². The molecule has 5 nitrogen and oxygen atoms in total. The molecule has 0 aromatic heterocycles. The number of carbonyl (C=O) groups is 2. The zero-order valence-electron chi connectivity index (χ0n) is 17.8. The second-order valence-corrected chi connectivity index (χ2v) is 7.17. The predicted molar refractivity (Wildman–Crippen MR) is 122 cm³/mol. The minimum Gasteiger partial charge on any atom is -0.494 e. The van der Waals surface area contributed by atoms with Crippen LogP contribution in [0.3, 0.4) is 0 Å². The Kier molecular flexibility index (Phi) is 7.82. The van der Waals surface area contributed by atoms with Crippen molar-refractivity contribution in [3.8, 4) is 16.9 Å². The van der Waals surface area contributed by atoms with Gasteiger partial charge in [-0.25, -0.2) is 4.79 Å². The Hall–Kier alpha value is -3.60. The molecular formula is C26H27NO4. The standard InChI is InChI=1S/C26H27NO4/c1-3-4-18-30-22-16-14-21(15-17-22)26(29)31-19(2)25(28)27-24-13-9-8-12-23(24)20-10-6-5-7-11-20/h5-17,19H,3-4,18H2,1-2H3,(H,27,28)/t19-/m0/s1. The van der Waals surface area contributed by atoms with Gasteiger partial charge in [0, 0.05) is 11.3 Å². The molecule has 0 aliphatic carbocycles. The molecule has 0 spiro atoms. The van der Waals surface area contributed by atoms with E-state index in [0.717, 1.165) is 24.0 Å². The second-order valence-electron chi connectivity index (χ2n) is 7.17. The molecule has 0 fully saturated rings. The van der Waals surface area contributed by atoms with E-state index in [4.69, 9.17) is 9.47 Å². The quantitative estimate of drug-likeness (QED) is 0.357. The van der Waals surface area contributed by atoms with E-state index < -0.39 is 18.0 Å². The normalized spacial score (nSPS) is 11.4. The lowest BCUT2D eigenvalue weighted by Crippen LogP contribution is -2.30. The number of hydrogen-bond acceptors (Lipinski definition) is 4. The van der Waals surface area contributed by atoms with Crippen molar-refractivity contribution >= 4 is 17.6 Å². The first-order chi connectivity index (χ1) is 15.1. The summed E-state index contributed by atoms with van der Waals surface area (Å²) >= 11 is 0. The molecule has 0 radical (unpaired) electrons. The highest BCUT2D eigenvalue weighted by Gasteiger charge is 2.20. The van der Waals surface area contributed by atoms with Gasteiger partial charge in [-0.05, 0) is 49.2 Å². The van der Waals surface area contributed by atoms with E-state index >= 15 is 0 Å². The Morgan fingerprint density at radius 2 is 1.58 bits per heavy atom. The smallest absolute Gasteiger partial charge is 0.338 e. The van der Waals surface area contributed by atoms with Gasteiger partial charge >= 0.3 is 5.97 Å². The van der Waals surface area contributed by atoms with Crippen LogP contribution in [0.25, 0.3) is 11.1 Å². The van der Waals surface area contributed by atoms with Crippen LogP contribution in [-0.2, 0) is 9.53 Å². The van der Waals surface area contributed by atoms with Crippen molar-refractivity contribution in [1.82, 2.24) is 0 Å². The van der Waals surface area contributed by atoms with Gasteiger partial charge in [-0.15, -0.1) is 0 Å². The van der Waals surface area contributed by atoms with Crippen molar-refractivity contribution < 1.29 is 19.1 Å². The molecule has 160 valence electrons. The fraction of sp³-hybridized carbons (Fsp3) is 0.231. The third-order valence-corrected chi connectivity index (χ3v) is 4.78. The molecule has 0 aliphatic rings. The monoisotopic (exact) mass is 417 g/mol. The van der Waals surface area contributed by atoms with Gasteiger partial charge < -0.3 is 14.8 Å².